The number of amides is 4. The highest BCUT2D eigenvalue weighted by Crippen LogP contribution is 2.32. The molecule has 4 amide bonds. The van der Waals surface area contributed by atoms with Crippen LogP contribution in [0.3, 0.4) is 0 Å². The largest absolute Gasteiger partial charge is 0.514 e. The topological polar surface area (TPSA) is 215 Å². The normalized spacial score (nSPS) is 20.4. The molecule has 2 unspecified atom stereocenters. The molecular formula is C43H40F4N6O13. The van der Waals surface area contributed by atoms with Gasteiger partial charge in [0.15, 0.2) is 23.8 Å². The van der Waals surface area contributed by atoms with Crippen molar-refractivity contribution in [3.8, 4) is 11.5 Å². The van der Waals surface area contributed by atoms with Gasteiger partial charge in [-0.3, -0.25) is 28.8 Å². The molecule has 23 heteroatoms. The van der Waals surface area contributed by atoms with Crippen molar-refractivity contribution in [3.63, 3.8) is 0 Å². The number of hydrogen-bond donors (Lipinski definition) is 2. The highest BCUT2D eigenvalue weighted by atomic mass is 19.1. The number of hydrogen-bond acceptors (Lipinski definition) is 13. The Bertz CT molecular complexity index is 2620. The zero-order valence-electron chi connectivity index (χ0n) is 35.4. The van der Waals surface area contributed by atoms with Crippen LogP contribution in [0.15, 0.2) is 58.4 Å². The van der Waals surface area contributed by atoms with Crippen molar-refractivity contribution in [1.29, 1.82) is 0 Å². The van der Waals surface area contributed by atoms with Gasteiger partial charge in [-0.2, -0.15) is 0 Å². The third kappa shape index (κ3) is 8.65. The number of rotatable bonds is 12. The van der Waals surface area contributed by atoms with E-state index in [2.05, 4.69) is 10.6 Å². The predicted molar refractivity (Wildman–Crippen MR) is 215 cm³/mol. The van der Waals surface area contributed by atoms with Crippen molar-refractivity contribution in [1.82, 2.24) is 29.6 Å². The Morgan fingerprint density at radius 1 is 0.667 bits per heavy atom. The number of pyridine rings is 2. The van der Waals surface area contributed by atoms with Crippen LogP contribution < -0.4 is 31.0 Å². The second-order valence-electron chi connectivity index (χ2n) is 15.8. The van der Waals surface area contributed by atoms with E-state index >= 15 is 0 Å². The van der Waals surface area contributed by atoms with E-state index in [1.165, 1.54) is 18.9 Å². The highest BCUT2D eigenvalue weighted by molar-refractivity contribution is 6.00. The Hall–Kier alpha value is -7.27. The molecular weight excluding hydrogens is 884 g/mol. The minimum Gasteiger partial charge on any atom is -0.448 e. The van der Waals surface area contributed by atoms with Crippen molar-refractivity contribution >= 4 is 29.8 Å². The molecule has 0 radical (unpaired) electrons. The Balaban J connectivity index is 1.01. The van der Waals surface area contributed by atoms with Crippen LogP contribution >= 0.6 is 0 Å². The molecule has 0 bridgehead atoms. The van der Waals surface area contributed by atoms with E-state index in [9.17, 15) is 51.1 Å². The highest BCUT2D eigenvalue weighted by Gasteiger charge is 2.45. The summed E-state index contributed by atoms with van der Waals surface area (Å²) < 4.78 is 91.6. The van der Waals surface area contributed by atoms with E-state index < -0.39 is 137 Å². The third-order valence-corrected chi connectivity index (χ3v) is 11.2. The summed E-state index contributed by atoms with van der Waals surface area (Å²) in [6.45, 7) is 5.08. The average molecular weight is 925 g/mol. The number of carbonyl (C=O) groups is 5. The van der Waals surface area contributed by atoms with Gasteiger partial charge in [0.05, 0.1) is 38.4 Å². The van der Waals surface area contributed by atoms with Gasteiger partial charge >= 0.3 is 6.16 Å². The SMILES string of the molecule is CC(OC(=O)OC(C)Oc1c2n(cc(C(=O)NCc3ccc(F)cc3F)c1=O)C[C@H]1OC[C@H](C)N1C2=O)Oc1c2n(cc(C(=O)NCc3ccc(F)cc3F)c1=O)C[C@H]1OC[C@H](C)N1C2=O. The first-order valence-corrected chi connectivity index (χ1v) is 20.5. The van der Waals surface area contributed by atoms with Gasteiger partial charge in [0.25, 0.3) is 23.6 Å². The number of aromatic nitrogens is 2. The molecule has 0 spiro atoms. The fourth-order valence-electron chi connectivity index (χ4n) is 8.01. The summed E-state index contributed by atoms with van der Waals surface area (Å²) in [6.07, 6.45) is -4.29. The smallest absolute Gasteiger partial charge is 0.448 e. The maximum atomic E-state index is 14.3. The first-order valence-electron chi connectivity index (χ1n) is 20.5. The summed E-state index contributed by atoms with van der Waals surface area (Å²) in [5.74, 6) is -8.41. The summed E-state index contributed by atoms with van der Waals surface area (Å²) in [5.41, 5.74) is -4.12. The van der Waals surface area contributed by atoms with Gasteiger partial charge in [-0.1, -0.05) is 12.1 Å². The van der Waals surface area contributed by atoms with Crippen LogP contribution in [0.25, 0.3) is 0 Å². The van der Waals surface area contributed by atoms with E-state index in [-0.39, 0.29) is 48.8 Å². The molecule has 2 N–H and O–H groups in total. The molecule has 6 atom stereocenters. The fraction of sp³-hybridized carbons (Fsp3) is 0.372. The third-order valence-electron chi connectivity index (χ3n) is 11.2. The average Bonchev–Trinajstić information content (AvgIpc) is 3.82. The quantitative estimate of drug-likeness (QED) is 0.119. The van der Waals surface area contributed by atoms with Crippen LogP contribution in [-0.4, -0.2) is 99.1 Å². The van der Waals surface area contributed by atoms with E-state index in [0.29, 0.717) is 12.1 Å². The molecule has 8 rings (SSSR count). The van der Waals surface area contributed by atoms with Crippen LogP contribution in [0.1, 0.15) is 80.5 Å². The molecule has 4 aromatic rings. The summed E-state index contributed by atoms with van der Waals surface area (Å²) in [4.78, 5) is 98.4. The lowest BCUT2D eigenvalue weighted by molar-refractivity contribution is -0.0975. The first-order chi connectivity index (χ1) is 31.4. The van der Waals surface area contributed by atoms with E-state index in [1.807, 2.05) is 0 Å². The molecule has 2 aromatic carbocycles. The second-order valence-corrected chi connectivity index (χ2v) is 15.8. The van der Waals surface area contributed by atoms with Crippen molar-refractivity contribution in [2.45, 2.75) is 91.0 Å². The molecule has 6 heterocycles. The Labute approximate surface area is 370 Å². The molecule has 348 valence electrons. The Morgan fingerprint density at radius 3 is 1.44 bits per heavy atom. The Morgan fingerprint density at radius 2 is 1.06 bits per heavy atom. The number of nitrogens with zero attached hydrogens (tertiary/aromatic N) is 4. The van der Waals surface area contributed by atoms with Gasteiger partial charge < -0.3 is 58.0 Å². The number of benzene rings is 2. The van der Waals surface area contributed by atoms with Crippen molar-refractivity contribution in [2.75, 3.05) is 13.2 Å². The number of fused-ring (bicyclic) bond motifs is 4. The lowest BCUT2D eigenvalue weighted by atomic mass is 10.1. The molecule has 4 aliphatic heterocycles. The number of nitrogens with one attached hydrogen (secondary N) is 2. The monoisotopic (exact) mass is 924 g/mol. The number of ether oxygens (including phenoxy) is 6. The molecule has 19 nitrogen and oxygen atoms in total. The molecule has 2 fully saturated rings. The maximum Gasteiger partial charge on any atom is 0.514 e. The second kappa shape index (κ2) is 18.0. The van der Waals surface area contributed by atoms with E-state index in [0.717, 1.165) is 50.5 Å². The van der Waals surface area contributed by atoms with Crippen LogP contribution in [0.4, 0.5) is 22.4 Å². The summed E-state index contributed by atoms with van der Waals surface area (Å²) in [7, 11) is 0. The van der Waals surface area contributed by atoms with Gasteiger partial charge in [0.2, 0.25) is 34.9 Å². The molecule has 0 saturated carbocycles. The summed E-state index contributed by atoms with van der Waals surface area (Å²) in [5, 5.41) is 4.78. The molecule has 2 saturated heterocycles. The van der Waals surface area contributed by atoms with Crippen LogP contribution in [0, 0.1) is 23.3 Å². The number of halogens is 4. The predicted octanol–water partition coefficient (Wildman–Crippen LogP) is 3.13. The van der Waals surface area contributed by atoms with Crippen molar-refractivity contribution in [3.05, 3.63) is 126 Å². The van der Waals surface area contributed by atoms with Crippen molar-refractivity contribution < 1.29 is 70.0 Å². The fourth-order valence-corrected chi connectivity index (χ4v) is 8.01. The summed E-state index contributed by atoms with van der Waals surface area (Å²) in [6, 6.07) is 4.60. The van der Waals surface area contributed by atoms with E-state index in [4.69, 9.17) is 28.4 Å². The van der Waals surface area contributed by atoms with Crippen LogP contribution in [0.5, 0.6) is 11.5 Å². The standard InChI is InChI=1S/C43H40F4N6O13/c1-19-17-61-31-15-50-13-27(39(56)48-11-23-5-7-25(44)9-29(23)46)35(54)37(33(50)41(58)52(19)31)63-21(3)65-43(60)66-22(4)64-38-34-42(59)53-20(2)18-62-32(53)16-51(34)14-28(36(38)55)40(57)49-12-24-6-8-26(45)10-30(24)47/h5-10,13-14,19-22,31-32H,11-12,15-18H2,1-4H3,(H,48,56)(H,49,57)/t19-,20-,21?,22?,31+,32+/m0/s1. The van der Waals surface area contributed by atoms with Crippen LogP contribution in [-0.2, 0) is 45.1 Å². The zero-order chi connectivity index (χ0) is 47.3. The molecule has 4 aliphatic rings. The Kier molecular flexibility index (Phi) is 12.3. The van der Waals surface area contributed by atoms with Gasteiger partial charge in [-0.25, -0.2) is 22.4 Å². The zero-order valence-corrected chi connectivity index (χ0v) is 35.4. The molecule has 2 aromatic heterocycles. The minimum absolute atomic E-state index is 0.0483. The van der Waals surface area contributed by atoms with Gasteiger partial charge in [0, 0.05) is 62.6 Å². The summed E-state index contributed by atoms with van der Waals surface area (Å²) >= 11 is 0. The van der Waals surface area contributed by atoms with Gasteiger partial charge in [-0.15, -0.1) is 0 Å². The lowest BCUT2D eigenvalue weighted by Gasteiger charge is -2.34. The molecule has 66 heavy (non-hydrogen) atoms. The minimum atomic E-state index is -1.72. The number of carbonyl (C=O) groups excluding carboxylic acids is 5. The van der Waals surface area contributed by atoms with Gasteiger partial charge in [-0.05, 0) is 26.0 Å². The first kappa shape index (κ1) is 45.3. The van der Waals surface area contributed by atoms with Crippen molar-refractivity contribution in [2.24, 2.45) is 0 Å². The molecule has 0 aliphatic carbocycles. The van der Waals surface area contributed by atoms with Gasteiger partial charge in [0.1, 0.15) is 34.4 Å². The maximum absolute atomic E-state index is 14.3. The van der Waals surface area contributed by atoms with Crippen LogP contribution in [0.2, 0.25) is 0 Å². The lowest BCUT2D eigenvalue weighted by Crippen LogP contribution is -2.49. The van der Waals surface area contributed by atoms with E-state index in [1.54, 1.807) is 13.8 Å².